The van der Waals surface area contributed by atoms with Crippen molar-refractivity contribution < 1.29 is 0 Å². The molecular formula is C13H16Br2N4. The van der Waals surface area contributed by atoms with Gasteiger partial charge in [-0.2, -0.15) is 5.10 Å². The summed E-state index contributed by atoms with van der Waals surface area (Å²) in [5.74, 6) is 0.846. The number of rotatable bonds is 4. The number of aromatic nitrogens is 2. The van der Waals surface area contributed by atoms with Crippen molar-refractivity contribution in [2.45, 2.75) is 26.8 Å². The molecule has 19 heavy (non-hydrogen) atoms. The number of hydrogen-bond donors (Lipinski definition) is 2. The highest BCUT2D eigenvalue weighted by Gasteiger charge is 2.13. The van der Waals surface area contributed by atoms with E-state index in [-0.39, 0.29) is 0 Å². The molecule has 0 saturated heterocycles. The van der Waals surface area contributed by atoms with E-state index in [1.807, 2.05) is 29.8 Å². The number of aryl methyl sites for hydroxylation is 2. The fourth-order valence-corrected chi connectivity index (χ4v) is 2.53. The summed E-state index contributed by atoms with van der Waals surface area (Å²) in [5.41, 5.74) is 8.60. The van der Waals surface area contributed by atoms with E-state index in [0.29, 0.717) is 5.69 Å². The van der Waals surface area contributed by atoms with Crippen molar-refractivity contribution in [1.82, 2.24) is 9.78 Å². The molecular weight excluding hydrogens is 372 g/mol. The standard InChI is InChI=1S/C13H16Br2N4/c1-3-6-19-13(12(16)8(2)18-19)17-11-7-9(14)4-5-10(11)15/h4-5,7,17H,3,6,16H2,1-2H3. The summed E-state index contributed by atoms with van der Waals surface area (Å²) in [7, 11) is 0. The number of nitrogen functional groups attached to an aromatic ring is 1. The van der Waals surface area contributed by atoms with Crippen molar-refractivity contribution in [1.29, 1.82) is 0 Å². The molecule has 0 unspecified atom stereocenters. The molecule has 0 atom stereocenters. The van der Waals surface area contributed by atoms with Gasteiger partial charge in [-0.15, -0.1) is 0 Å². The second-order valence-electron chi connectivity index (χ2n) is 4.32. The Balaban J connectivity index is 2.39. The molecule has 0 aliphatic rings. The van der Waals surface area contributed by atoms with Crippen LogP contribution in [0.5, 0.6) is 0 Å². The van der Waals surface area contributed by atoms with Crippen LogP contribution in [0.15, 0.2) is 27.1 Å². The van der Waals surface area contributed by atoms with E-state index in [1.165, 1.54) is 0 Å². The molecule has 0 bridgehead atoms. The van der Waals surface area contributed by atoms with Gasteiger partial charge >= 0.3 is 0 Å². The first kappa shape index (κ1) is 14.4. The molecule has 3 N–H and O–H groups in total. The number of anilines is 3. The highest BCUT2D eigenvalue weighted by atomic mass is 79.9. The smallest absolute Gasteiger partial charge is 0.152 e. The van der Waals surface area contributed by atoms with E-state index < -0.39 is 0 Å². The maximum Gasteiger partial charge on any atom is 0.152 e. The second-order valence-corrected chi connectivity index (χ2v) is 6.09. The molecule has 0 saturated carbocycles. The monoisotopic (exact) mass is 386 g/mol. The van der Waals surface area contributed by atoms with E-state index in [4.69, 9.17) is 5.73 Å². The highest BCUT2D eigenvalue weighted by molar-refractivity contribution is 9.11. The molecule has 2 aromatic rings. The van der Waals surface area contributed by atoms with Crippen LogP contribution in [0.4, 0.5) is 17.2 Å². The molecule has 1 aromatic carbocycles. The van der Waals surface area contributed by atoms with Gasteiger partial charge < -0.3 is 11.1 Å². The van der Waals surface area contributed by atoms with Gasteiger partial charge in [0, 0.05) is 15.5 Å². The van der Waals surface area contributed by atoms with Crippen LogP contribution in [-0.2, 0) is 6.54 Å². The molecule has 6 heteroatoms. The van der Waals surface area contributed by atoms with Crippen LogP contribution in [-0.4, -0.2) is 9.78 Å². The Labute approximate surface area is 129 Å². The first-order chi connectivity index (χ1) is 9.02. The maximum atomic E-state index is 6.10. The lowest BCUT2D eigenvalue weighted by molar-refractivity contribution is 0.605. The average molecular weight is 388 g/mol. The molecule has 1 heterocycles. The van der Waals surface area contributed by atoms with Crippen LogP contribution in [0.25, 0.3) is 0 Å². The Bertz CT molecular complexity index is 593. The van der Waals surface area contributed by atoms with Crippen molar-refractivity contribution in [3.8, 4) is 0 Å². The van der Waals surface area contributed by atoms with Crippen molar-refractivity contribution >= 4 is 49.1 Å². The van der Waals surface area contributed by atoms with Crippen LogP contribution in [0.3, 0.4) is 0 Å². The van der Waals surface area contributed by atoms with E-state index in [1.54, 1.807) is 0 Å². The normalized spacial score (nSPS) is 10.7. The summed E-state index contributed by atoms with van der Waals surface area (Å²) in [6.07, 6.45) is 1.01. The fourth-order valence-electron chi connectivity index (χ4n) is 1.82. The molecule has 0 amide bonds. The number of benzene rings is 1. The summed E-state index contributed by atoms with van der Waals surface area (Å²) in [5, 5.41) is 7.80. The number of nitrogens with two attached hydrogens (primary N) is 1. The molecule has 0 aliphatic carbocycles. The van der Waals surface area contributed by atoms with Crippen molar-refractivity contribution in [2.75, 3.05) is 11.1 Å². The first-order valence-electron chi connectivity index (χ1n) is 6.08. The van der Waals surface area contributed by atoms with Crippen LogP contribution in [0.1, 0.15) is 19.0 Å². The molecule has 1 aromatic heterocycles. The van der Waals surface area contributed by atoms with Crippen LogP contribution in [0, 0.1) is 6.92 Å². The minimum absolute atomic E-state index is 0.695. The summed E-state index contributed by atoms with van der Waals surface area (Å²) >= 11 is 7.00. The van der Waals surface area contributed by atoms with Gasteiger partial charge in [0.15, 0.2) is 5.82 Å². The van der Waals surface area contributed by atoms with E-state index >= 15 is 0 Å². The average Bonchev–Trinajstić information content (AvgIpc) is 2.62. The van der Waals surface area contributed by atoms with Gasteiger partial charge in [0.25, 0.3) is 0 Å². The number of nitrogens with one attached hydrogen (secondary N) is 1. The Hall–Kier alpha value is -1.01. The minimum atomic E-state index is 0.695. The van der Waals surface area contributed by atoms with Gasteiger partial charge in [0.2, 0.25) is 0 Å². The predicted molar refractivity (Wildman–Crippen MR) is 86.8 cm³/mol. The molecule has 0 spiro atoms. The second kappa shape index (κ2) is 5.96. The summed E-state index contributed by atoms with van der Waals surface area (Å²) in [4.78, 5) is 0. The molecule has 102 valence electrons. The molecule has 0 fully saturated rings. The van der Waals surface area contributed by atoms with Gasteiger partial charge in [-0.05, 0) is 47.5 Å². The summed E-state index contributed by atoms with van der Waals surface area (Å²) in [6.45, 7) is 4.88. The third-order valence-electron chi connectivity index (χ3n) is 2.79. The van der Waals surface area contributed by atoms with E-state index in [9.17, 15) is 0 Å². The Morgan fingerprint density at radius 1 is 1.37 bits per heavy atom. The van der Waals surface area contributed by atoms with Crippen LogP contribution < -0.4 is 11.1 Å². The van der Waals surface area contributed by atoms with Gasteiger partial charge in [-0.3, -0.25) is 0 Å². The van der Waals surface area contributed by atoms with E-state index in [2.05, 4.69) is 49.2 Å². The van der Waals surface area contributed by atoms with Crippen LogP contribution in [0.2, 0.25) is 0 Å². The van der Waals surface area contributed by atoms with Gasteiger partial charge in [0.1, 0.15) is 0 Å². The van der Waals surface area contributed by atoms with Crippen LogP contribution >= 0.6 is 31.9 Å². The lowest BCUT2D eigenvalue weighted by Crippen LogP contribution is -2.06. The molecule has 0 aliphatic heterocycles. The third kappa shape index (κ3) is 3.12. The zero-order valence-corrected chi connectivity index (χ0v) is 14.0. The van der Waals surface area contributed by atoms with Crippen molar-refractivity contribution in [3.05, 3.63) is 32.8 Å². The molecule has 0 radical (unpaired) electrons. The van der Waals surface area contributed by atoms with Gasteiger partial charge in [-0.1, -0.05) is 22.9 Å². The largest absolute Gasteiger partial charge is 0.394 e. The molecule has 2 rings (SSSR count). The van der Waals surface area contributed by atoms with E-state index in [0.717, 1.165) is 39.1 Å². The van der Waals surface area contributed by atoms with Crippen molar-refractivity contribution in [2.24, 2.45) is 0 Å². The quantitative estimate of drug-likeness (QED) is 0.814. The number of hydrogen-bond acceptors (Lipinski definition) is 3. The predicted octanol–water partition coefficient (Wildman–Crippen LogP) is 4.45. The Morgan fingerprint density at radius 3 is 2.79 bits per heavy atom. The minimum Gasteiger partial charge on any atom is -0.394 e. The van der Waals surface area contributed by atoms with Gasteiger partial charge in [-0.25, -0.2) is 4.68 Å². The number of halogens is 2. The maximum absolute atomic E-state index is 6.10. The topological polar surface area (TPSA) is 55.9 Å². The Morgan fingerprint density at radius 2 is 2.11 bits per heavy atom. The number of nitrogens with zero attached hydrogens (tertiary/aromatic N) is 2. The zero-order valence-electron chi connectivity index (χ0n) is 10.9. The lowest BCUT2D eigenvalue weighted by atomic mass is 10.3. The fraction of sp³-hybridized carbons (Fsp3) is 0.308. The summed E-state index contributed by atoms with van der Waals surface area (Å²) < 4.78 is 3.91. The first-order valence-corrected chi connectivity index (χ1v) is 7.66. The lowest BCUT2D eigenvalue weighted by Gasteiger charge is -2.12. The molecule has 4 nitrogen and oxygen atoms in total. The Kier molecular flexibility index (Phi) is 4.52. The SMILES string of the molecule is CCCn1nc(C)c(N)c1Nc1cc(Br)ccc1Br. The highest BCUT2D eigenvalue weighted by Crippen LogP contribution is 2.32. The van der Waals surface area contributed by atoms with Gasteiger partial charge in [0.05, 0.1) is 17.1 Å². The zero-order chi connectivity index (χ0) is 14.0. The summed E-state index contributed by atoms with van der Waals surface area (Å²) in [6, 6.07) is 5.96. The third-order valence-corrected chi connectivity index (χ3v) is 3.98. The van der Waals surface area contributed by atoms with Crippen molar-refractivity contribution in [3.63, 3.8) is 0 Å².